The topological polar surface area (TPSA) is 64.9 Å². The van der Waals surface area contributed by atoms with Crippen molar-refractivity contribution in [2.45, 2.75) is 44.6 Å². The Labute approximate surface area is 131 Å². The zero-order valence-electron chi connectivity index (χ0n) is 12.9. The fourth-order valence-electron chi connectivity index (χ4n) is 1.83. The molecule has 0 heterocycles. The van der Waals surface area contributed by atoms with Gasteiger partial charge in [0, 0.05) is 23.9 Å². The number of nitrogens with zero attached hydrogens (tertiary/aromatic N) is 1. The first-order chi connectivity index (χ1) is 10.1. The molecule has 1 unspecified atom stereocenters. The van der Waals surface area contributed by atoms with Crippen molar-refractivity contribution in [2.24, 2.45) is 0 Å². The van der Waals surface area contributed by atoms with Crippen molar-refractivity contribution in [3.8, 4) is 6.07 Å². The number of hydrogen-bond acceptors (Lipinski definition) is 4. The number of rotatable bonds is 8. The van der Waals surface area contributed by atoms with E-state index in [1.807, 2.05) is 32.0 Å². The first kappa shape index (κ1) is 17.4. The zero-order valence-corrected chi connectivity index (χ0v) is 13.7. The second-order valence-corrected chi connectivity index (χ2v) is 6.08. The molecule has 0 aromatic heterocycles. The Balaban J connectivity index is 2.58. The second-order valence-electron chi connectivity index (χ2n) is 4.78. The molecule has 0 saturated heterocycles. The van der Waals surface area contributed by atoms with E-state index < -0.39 is 0 Å². The molecule has 0 bridgehead atoms. The summed E-state index contributed by atoms with van der Waals surface area (Å²) in [5, 5.41) is 15.4. The van der Waals surface area contributed by atoms with Gasteiger partial charge in [-0.15, -0.1) is 11.8 Å². The lowest BCUT2D eigenvalue weighted by atomic mass is 10.2. The third-order valence-electron chi connectivity index (χ3n) is 3.13. The molecule has 0 radical (unpaired) electrons. The molecular formula is C16H23N3OS. The summed E-state index contributed by atoms with van der Waals surface area (Å²) in [6, 6.07) is 8.21. The summed E-state index contributed by atoms with van der Waals surface area (Å²) in [5.41, 5.74) is 1.46. The zero-order chi connectivity index (χ0) is 15.7. The molecule has 114 valence electrons. The summed E-state index contributed by atoms with van der Waals surface area (Å²) >= 11 is 1.65. The van der Waals surface area contributed by atoms with E-state index in [4.69, 9.17) is 0 Å². The predicted octanol–water partition coefficient (Wildman–Crippen LogP) is 3.39. The average Bonchev–Trinajstić information content (AvgIpc) is 2.47. The number of nitriles is 1. The van der Waals surface area contributed by atoms with Crippen LogP contribution in [0.1, 0.15) is 39.2 Å². The highest BCUT2D eigenvalue weighted by Gasteiger charge is 2.09. The van der Waals surface area contributed by atoms with Crippen LogP contribution in [0.4, 0.5) is 5.69 Å². The highest BCUT2D eigenvalue weighted by molar-refractivity contribution is 7.99. The fraction of sp³-hybridized carbons (Fsp3) is 0.500. The van der Waals surface area contributed by atoms with Crippen molar-refractivity contribution in [1.82, 2.24) is 5.32 Å². The molecule has 0 aliphatic carbocycles. The summed E-state index contributed by atoms with van der Waals surface area (Å²) in [5.74, 6) is 0.963. The van der Waals surface area contributed by atoms with E-state index in [0.717, 1.165) is 22.8 Å². The van der Waals surface area contributed by atoms with Gasteiger partial charge in [-0.25, -0.2) is 0 Å². The molecule has 0 spiro atoms. The molecule has 2 N–H and O–H groups in total. The number of nitrogens with one attached hydrogen (secondary N) is 2. The molecule has 0 aliphatic heterocycles. The number of thioether (sulfide) groups is 1. The number of amides is 1. The highest BCUT2D eigenvalue weighted by atomic mass is 32.2. The predicted molar refractivity (Wildman–Crippen MR) is 88.6 cm³/mol. The molecule has 21 heavy (non-hydrogen) atoms. The van der Waals surface area contributed by atoms with Gasteiger partial charge in [-0.05, 0) is 31.2 Å². The van der Waals surface area contributed by atoms with Crippen molar-refractivity contribution in [2.75, 3.05) is 17.6 Å². The van der Waals surface area contributed by atoms with Crippen molar-refractivity contribution < 1.29 is 4.79 Å². The van der Waals surface area contributed by atoms with E-state index in [1.54, 1.807) is 11.8 Å². The summed E-state index contributed by atoms with van der Waals surface area (Å²) in [7, 11) is 0. The number of carbonyl (C=O) groups is 1. The first-order valence-corrected chi connectivity index (χ1v) is 8.30. The van der Waals surface area contributed by atoms with Crippen LogP contribution in [0.3, 0.4) is 0 Å². The first-order valence-electron chi connectivity index (χ1n) is 7.31. The van der Waals surface area contributed by atoms with E-state index >= 15 is 0 Å². The SMILES string of the molecule is CCSc1cccc(NCCC(=O)NC(C)CC)c1C#N. The lowest BCUT2D eigenvalue weighted by molar-refractivity contribution is -0.121. The highest BCUT2D eigenvalue weighted by Crippen LogP contribution is 2.27. The quantitative estimate of drug-likeness (QED) is 0.723. The smallest absolute Gasteiger partial charge is 0.221 e. The van der Waals surface area contributed by atoms with Crippen LogP contribution in [-0.4, -0.2) is 24.2 Å². The van der Waals surface area contributed by atoms with Gasteiger partial charge in [0.05, 0.1) is 11.3 Å². The number of carbonyl (C=O) groups excluding carboxylic acids is 1. The molecule has 1 rings (SSSR count). The Kier molecular flexibility index (Phi) is 7.70. The monoisotopic (exact) mass is 305 g/mol. The summed E-state index contributed by atoms with van der Waals surface area (Å²) < 4.78 is 0. The van der Waals surface area contributed by atoms with E-state index in [0.29, 0.717) is 18.5 Å². The van der Waals surface area contributed by atoms with Crippen LogP contribution < -0.4 is 10.6 Å². The van der Waals surface area contributed by atoms with Crippen LogP contribution in [0.15, 0.2) is 23.1 Å². The van der Waals surface area contributed by atoms with Crippen LogP contribution in [0.25, 0.3) is 0 Å². The standard InChI is InChI=1S/C16H23N3OS/c1-4-12(3)19-16(20)9-10-18-14-7-6-8-15(21-5-2)13(14)11-17/h6-8,12,18H,4-5,9-10H2,1-3H3,(H,19,20). The number of hydrogen-bond donors (Lipinski definition) is 2. The minimum absolute atomic E-state index is 0.0365. The van der Waals surface area contributed by atoms with Gasteiger partial charge in [-0.2, -0.15) is 5.26 Å². The third kappa shape index (κ3) is 5.68. The summed E-state index contributed by atoms with van der Waals surface area (Å²) in [4.78, 5) is 12.7. The lowest BCUT2D eigenvalue weighted by Gasteiger charge is -2.13. The molecule has 1 aromatic carbocycles. The van der Waals surface area contributed by atoms with Gasteiger partial charge in [-0.1, -0.05) is 19.9 Å². The van der Waals surface area contributed by atoms with Crippen LogP contribution in [0, 0.1) is 11.3 Å². The van der Waals surface area contributed by atoms with Gasteiger partial charge in [0.15, 0.2) is 0 Å². The van der Waals surface area contributed by atoms with Gasteiger partial charge in [0.2, 0.25) is 5.91 Å². The van der Waals surface area contributed by atoms with E-state index in [9.17, 15) is 10.1 Å². The van der Waals surface area contributed by atoms with Crippen LogP contribution in [0.5, 0.6) is 0 Å². The summed E-state index contributed by atoms with van der Waals surface area (Å²) in [6.07, 6.45) is 1.33. The Morgan fingerprint density at radius 1 is 1.43 bits per heavy atom. The largest absolute Gasteiger partial charge is 0.383 e. The Hall–Kier alpha value is -1.67. The molecule has 0 fully saturated rings. The van der Waals surface area contributed by atoms with Crippen molar-refractivity contribution in [1.29, 1.82) is 5.26 Å². The average molecular weight is 305 g/mol. The van der Waals surface area contributed by atoms with Crippen molar-refractivity contribution in [3.05, 3.63) is 23.8 Å². The van der Waals surface area contributed by atoms with Crippen LogP contribution in [-0.2, 0) is 4.79 Å². The molecule has 4 nitrogen and oxygen atoms in total. The maximum Gasteiger partial charge on any atom is 0.221 e. The molecule has 1 aromatic rings. The van der Waals surface area contributed by atoms with Gasteiger partial charge >= 0.3 is 0 Å². The number of anilines is 1. The minimum Gasteiger partial charge on any atom is -0.383 e. The molecule has 5 heteroatoms. The molecule has 1 atom stereocenters. The maximum atomic E-state index is 11.7. The maximum absolute atomic E-state index is 11.7. The van der Waals surface area contributed by atoms with Gasteiger partial charge < -0.3 is 10.6 Å². The second kappa shape index (κ2) is 9.30. The lowest BCUT2D eigenvalue weighted by Crippen LogP contribution is -2.33. The molecule has 0 saturated carbocycles. The van der Waals surface area contributed by atoms with E-state index in [-0.39, 0.29) is 11.9 Å². The summed E-state index contributed by atoms with van der Waals surface area (Å²) in [6.45, 7) is 6.62. The normalized spacial score (nSPS) is 11.5. The minimum atomic E-state index is 0.0365. The molecule has 0 aliphatic rings. The molecule has 1 amide bonds. The number of benzene rings is 1. The Morgan fingerprint density at radius 2 is 2.19 bits per heavy atom. The van der Waals surface area contributed by atoms with Gasteiger partial charge in [-0.3, -0.25) is 4.79 Å². The Morgan fingerprint density at radius 3 is 2.81 bits per heavy atom. The van der Waals surface area contributed by atoms with E-state index in [2.05, 4.69) is 23.6 Å². The van der Waals surface area contributed by atoms with Crippen LogP contribution >= 0.6 is 11.8 Å². The van der Waals surface area contributed by atoms with Crippen molar-refractivity contribution in [3.63, 3.8) is 0 Å². The fourth-order valence-corrected chi connectivity index (χ4v) is 2.62. The van der Waals surface area contributed by atoms with E-state index in [1.165, 1.54) is 0 Å². The van der Waals surface area contributed by atoms with Crippen LogP contribution in [0.2, 0.25) is 0 Å². The van der Waals surface area contributed by atoms with Gasteiger partial charge in [0.1, 0.15) is 6.07 Å². The van der Waals surface area contributed by atoms with Crippen molar-refractivity contribution >= 4 is 23.4 Å². The molecular weight excluding hydrogens is 282 g/mol. The third-order valence-corrected chi connectivity index (χ3v) is 4.07. The van der Waals surface area contributed by atoms with Gasteiger partial charge in [0.25, 0.3) is 0 Å². The Bertz CT molecular complexity index is 511.